The van der Waals surface area contributed by atoms with Crippen molar-refractivity contribution in [3.8, 4) is 0 Å². The highest BCUT2D eigenvalue weighted by Gasteiger charge is 2.11. The first kappa shape index (κ1) is 13.7. The van der Waals surface area contributed by atoms with Gasteiger partial charge in [0.05, 0.1) is 4.83 Å². The molecule has 0 spiro atoms. The summed E-state index contributed by atoms with van der Waals surface area (Å²) in [5, 5.41) is 0. The molecule has 0 heterocycles. The molecule has 0 aromatic heterocycles. The van der Waals surface area contributed by atoms with Crippen LogP contribution in [0.5, 0.6) is 0 Å². The van der Waals surface area contributed by atoms with Crippen molar-refractivity contribution in [1.29, 1.82) is 0 Å². The van der Waals surface area contributed by atoms with Gasteiger partial charge in [-0.3, -0.25) is 0 Å². The van der Waals surface area contributed by atoms with E-state index in [1.807, 2.05) is 0 Å². The summed E-state index contributed by atoms with van der Waals surface area (Å²) in [7, 11) is 0. The number of nitrogens with zero attached hydrogens (tertiary/aromatic N) is 1. The van der Waals surface area contributed by atoms with Crippen molar-refractivity contribution in [2.45, 2.75) is 31.5 Å². The van der Waals surface area contributed by atoms with Crippen LogP contribution in [0.3, 0.4) is 0 Å². The van der Waals surface area contributed by atoms with Crippen LogP contribution < -0.4 is 0 Å². The molecule has 0 radical (unpaired) electrons. The van der Waals surface area contributed by atoms with Gasteiger partial charge in [0.25, 0.3) is 0 Å². The van der Waals surface area contributed by atoms with Gasteiger partial charge in [-0.15, -0.1) is 0 Å². The summed E-state index contributed by atoms with van der Waals surface area (Å²) in [6, 6.07) is 10.7. The number of hydrogen-bond acceptors (Lipinski definition) is 1. The van der Waals surface area contributed by atoms with Gasteiger partial charge in [-0.2, -0.15) is 0 Å². The molecule has 1 aromatic rings. The molecule has 0 fully saturated rings. The second-order valence-corrected chi connectivity index (χ2v) is 5.28. The van der Waals surface area contributed by atoms with E-state index in [-0.39, 0.29) is 0 Å². The Labute approximate surface area is 108 Å². The Hall–Kier alpha value is -0.340. The Kier molecular flexibility index (Phi) is 6.74. The van der Waals surface area contributed by atoms with Crippen molar-refractivity contribution >= 4 is 15.9 Å². The Morgan fingerprint density at radius 1 is 1.06 bits per heavy atom. The van der Waals surface area contributed by atoms with Gasteiger partial charge >= 0.3 is 0 Å². The lowest BCUT2D eigenvalue weighted by atomic mass is 10.1. The van der Waals surface area contributed by atoms with Crippen molar-refractivity contribution in [1.82, 2.24) is 4.90 Å². The fourth-order valence-corrected chi connectivity index (χ4v) is 2.64. The molecule has 2 heteroatoms. The standard InChI is InChI=1S/C14H22BrN/c1-3-10-16(11-4-2)12-14(15)13-8-6-5-7-9-13/h5-9,14H,3-4,10-12H2,1-2H3. The molecule has 1 aromatic carbocycles. The molecule has 0 amide bonds. The average molecular weight is 284 g/mol. The number of halogens is 1. The average Bonchev–Trinajstić information content (AvgIpc) is 2.31. The van der Waals surface area contributed by atoms with Gasteiger partial charge in [-0.25, -0.2) is 0 Å². The summed E-state index contributed by atoms with van der Waals surface area (Å²) in [5.74, 6) is 0. The lowest BCUT2D eigenvalue weighted by Gasteiger charge is -2.24. The topological polar surface area (TPSA) is 3.24 Å². The quantitative estimate of drug-likeness (QED) is 0.677. The fraction of sp³-hybridized carbons (Fsp3) is 0.571. The van der Waals surface area contributed by atoms with Gasteiger partial charge in [0.15, 0.2) is 0 Å². The summed E-state index contributed by atoms with van der Waals surface area (Å²) in [5.41, 5.74) is 1.37. The van der Waals surface area contributed by atoms with E-state index >= 15 is 0 Å². The molecule has 0 saturated heterocycles. The number of rotatable bonds is 7. The third kappa shape index (κ3) is 4.67. The van der Waals surface area contributed by atoms with Gasteiger partial charge in [-0.1, -0.05) is 60.1 Å². The zero-order valence-corrected chi connectivity index (χ0v) is 11.9. The number of benzene rings is 1. The van der Waals surface area contributed by atoms with Gasteiger partial charge in [-0.05, 0) is 31.5 Å². The van der Waals surface area contributed by atoms with E-state index in [2.05, 4.69) is 65.0 Å². The Bertz CT molecular complexity index is 267. The summed E-state index contributed by atoms with van der Waals surface area (Å²) < 4.78 is 0. The molecule has 0 aliphatic carbocycles. The molecular formula is C14H22BrN. The molecule has 1 atom stereocenters. The Morgan fingerprint density at radius 2 is 1.62 bits per heavy atom. The van der Waals surface area contributed by atoms with Crippen molar-refractivity contribution in [3.05, 3.63) is 35.9 Å². The normalized spacial score (nSPS) is 13.0. The predicted molar refractivity (Wildman–Crippen MR) is 75.1 cm³/mol. The van der Waals surface area contributed by atoms with E-state index in [0.29, 0.717) is 4.83 Å². The summed E-state index contributed by atoms with van der Waals surface area (Å²) in [4.78, 5) is 2.98. The van der Waals surface area contributed by atoms with E-state index < -0.39 is 0 Å². The monoisotopic (exact) mass is 283 g/mol. The van der Waals surface area contributed by atoms with Gasteiger partial charge in [0.2, 0.25) is 0 Å². The van der Waals surface area contributed by atoms with E-state index in [1.165, 1.54) is 31.5 Å². The molecule has 1 nitrogen and oxygen atoms in total. The largest absolute Gasteiger partial charge is 0.302 e. The molecule has 0 bridgehead atoms. The Morgan fingerprint density at radius 3 is 2.12 bits per heavy atom. The fourth-order valence-electron chi connectivity index (χ4n) is 1.92. The van der Waals surface area contributed by atoms with E-state index in [1.54, 1.807) is 0 Å². The van der Waals surface area contributed by atoms with Crippen molar-refractivity contribution in [2.75, 3.05) is 19.6 Å². The first-order valence-electron chi connectivity index (χ1n) is 6.19. The summed E-state index contributed by atoms with van der Waals surface area (Å²) >= 11 is 3.78. The highest BCUT2D eigenvalue weighted by atomic mass is 79.9. The molecule has 0 aliphatic heterocycles. The van der Waals surface area contributed by atoms with Crippen LogP contribution >= 0.6 is 15.9 Å². The minimum atomic E-state index is 0.451. The van der Waals surface area contributed by atoms with Crippen LogP contribution in [0.4, 0.5) is 0 Å². The molecule has 1 rings (SSSR count). The summed E-state index contributed by atoms with van der Waals surface area (Å²) in [6.45, 7) is 7.99. The lowest BCUT2D eigenvalue weighted by Crippen LogP contribution is -2.28. The van der Waals surface area contributed by atoms with Crippen LogP contribution in [-0.2, 0) is 0 Å². The first-order chi connectivity index (χ1) is 7.77. The van der Waals surface area contributed by atoms with Crippen LogP contribution in [0, 0.1) is 0 Å². The van der Waals surface area contributed by atoms with Gasteiger partial charge < -0.3 is 4.90 Å². The molecule has 0 N–H and O–H groups in total. The highest BCUT2D eigenvalue weighted by Crippen LogP contribution is 2.23. The van der Waals surface area contributed by atoms with Crippen molar-refractivity contribution in [2.24, 2.45) is 0 Å². The van der Waals surface area contributed by atoms with Crippen molar-refractivity contribution in [3.63, 3.8) is 0 Å². The maximum absolute atomic E-state index is 3.78. The third-order valence-electron chi connectivity index (χ3n) is 2.66. The first-order valence-corrected chi connectivity index (χ1v) is 7.10. The van der Waals surface area contributed by atoms with Crippen LogP contribution in [0.2, 0.25) is 0 Å². The maximum Gasteiger partial charge on any atom is 0.0522 e. The molecule has 90 valence electrons. The zero-order chi connectivity index (χ0) is 11.8. The number of hydrogen-bond donors (Lipinski definition) is 0. The van der Waals surface area contributed by atoms with E-state index in [9.17, 15) is 0 Å². The maximum atomic E-state index is 3.78. The van der Waals surface area contributed by atoms with Crippen molar-refractivity contribution < 1.29 is 0 Å². The second-order valence-electron chi connectivity index (χ2n) is 4.18. The second kappa shape index (κ2) is 7.86. The third-order valence-corrected chi connectivity index (χ3v) is 3.48. The number of alkyl halides is 1. The molecule has 1 unspecified atom stereocenters. The molecule has 0 aliphatic rings. The molecule has 16 heavy (non-hydrogen) atoms. The predicted octanol–water partition coefficient (Wildman–Crippen LogP) is 4.24. The van der Waals surface area contributed by atoms with E-state index in [0.717, 1.165) is 6.54 Å². The van der Waals surface area contributed by atoms with Crippen LogP contribution in [0.15, 0.2) is 30.3 Å². The van der Waals surface area contributed by atoms with Gasteiger partial charge in [0.1, 0.15) is 0 Å². The highest BCUT2D eigenvalue weighted by molar-refractivity contribution is 9.09. The minimum Gasteiger partial charge on any atom is -0.302 e. The minimum absolute atomic E-state index is 0.451. The lowest BCUT2D eigenvalue weighted by molar-refractivity contribution is 0.277. The van der Waals surface area contributed by atoms with Crippen LogP contribution in [0.1, 0.15) is 37.1 Å². The molecular weight excluding hydrogens is 262 g/mol. The smallest absolute Gasteiger partial charge is 0.0522 e. The van der Waals surface area contributed by atoms with Crippen LogP contribution in [0.25, 0.3) is 0 Å². The Balaban J connectivity index is 2.50. The zero-order valence-electron chi connectivity index (χ0n) is 10.3. The van der Waals surface area contributed by atoms with Crippen LogP contribution in [-0.4, -0.2) is 24.5 Å². The van der Waals surface area contributed by atoms with Gasteiger partial charge in [0, 0.05) is 6.54 Å². The SMILES string of the molecule is CCCN(CCC)CC(Br)c1ccccc1. The summed E-state index contributed by atoms with van der Waals surface area (Å²) in [6.07, 6.45) is 2.46. The molecule has 0 saturated carbocycles. The van der Waals surface area contributed by atoms with E-state index in [4.69, 9.17) is 0 Å².